The van der Waals surface area contributed by atoms with E-state index in [9.17, 15) is 0 Å². The number of nitriles is 1. The van der Waals surface area contributed by atoms with E-state index in [1.807, 2.05) is 48.5 Å². The molecule has 0 aliphatic carbocycles. The molecule has 2 aromatic carbocycles. The number of hydrogen-bond acceptors (Lipinski definition) is 4. The second kappa shape index (κ2) is 4.86. The van der Waals surface area contributed by atoms with Gasteiger partial charge in [0.2, 0.25) is 0 Å². The van der Waals surface area contributed by atoms with Crippen LogP contribution in [0.15, 0.2) is 59.2 Å². The molecule has 4 rings (SSSR count). The maximum atomic E-state index is 9.01. The molecule has 0 amide bonds. The quantitative estimate of drug-likeness (QED) is 0.608. The Morgan fingerprint density at radius 1 is 0.955 bits per heavy atom. The molecule has 104 valence electrons. The van der Waals surface area contributed by atoms with Gasteiger partial charge >= 0.3 is 0 Å². The van der Waals surface area contributed by atoms with Crippen molar-refractivity contribution in [3.05, 3.63) is 60.5 Å². The first-order chi connectivity index (χ1) is 10.8. The van der Waals surface area contributed by atoms with Crippen LogP contribution in [0.2, 0.25) is 0 Å². The van der Waals surface area contributed by atoms with E-state index in [4.69, 9.17) is 9.68 Å². The molecular weight excluding hydrogens is 276 g/mol. The summed E-state index contributed by atoms with van der Waals surface area (Å²) < 4.78 is 5.35. The molecular formula is C17H10N4O. The summed E-state index contributed by atoms with van der Waals surface area (Å²) in [4.78, 5) is 0. The van der Waals surface area contributed by atoms with E-state index in [0.29, 0.717) is 11.4 Å². The van der Waals surface area contributed by atoms with Crippen molar-refractivity contribution in [3.8, 4) is 28.5 Å². The molecule has 4 aromatic rings. The zero-order chi connectivity index (χ0) is 14.9. The molecule has 0 fully saturated rings. The van der Waals surface area contributed by atoms with Crippen LogP contribution in [-0.4, -0.2) is 15.4 Å². The van der Waals surface area contributed by atoms with Crippen molar-refractivity contribution < 1.29 is 4.42 Å². The molecule has 22 heavy (non-hydrogen) atoms. The lowest BCUT2D eigenvalue weighted by molar-refractivity contribution is 0.616. The lowest BCUT2D eigenvalue weighted by Gasteiger charge is -2.03. The fraction of sp³-hybridized carbons (Fsp3) is 0. The summed E-state index contributed by atoms with van der Waals surface area (Å²) >= 11 is 0. The highest BCUT2D eigenvalue weighted by Gasteiger charge is 2.09. The number of hydrogen-bond donors (Lipinski definition) is 1. The van der Waals surface area contributed by atoms with Crippen molar-refractivity contribution in [2.45, 2.75) is 0 Å². The Labute approximate surface area is 125 Å². The first-order valence-corrected chi connectivity index (χ1v) is 6.74. The van der Waals surface area contributed by atoms with Crippen LogP contribution in [0.4, 0.5) is 0 Å². The fourth-order valence-electron chi connectivity index (χ4n) is 2.47. The van der Waals surface area contributed by atoms with Gasteiger partial charge in [-0.1, -0.05) is 35.5 Å². The molecule has 5 heteroatoms. The Kier molecular flexibility index (Phi) is 2.73. The molecule has 0 bridgehead atoms. The summed E-state index contributed by atoms with van der Waals surface area (Å²) in [6.45, 7) is 0. The Bertz CT molecular complexity index is 989. The topological polar surface area (TPSA) is 78.5 Å². The number of benzene rings is 2. The number of nitrogens with zero attached hydrogens (tertiary/aromatic N) is 3. The molecule has 2 heterocycles. The smallest absolute Gasteiger partial charge is 0.163 e. The van der Waals surface area contributed by atoms with Gasteiger partial charge in [-0.2, -0.15) is 5.26 Å². The summed E-state index contributed by atoms with van der Waals surface area (Å²) in [6, 6.07) is 18.0. The van der Waals surface area contributed by atoms with Gasteiger partial charge in [-0.3, -0.25) is 0 Å². The van der Waals surface area contributed by atoms with Crippen LogP contribution in [-0.2, 0) is 0 Å². The van der Waals surface area contributed by atoms with Gasteiger partial charge in [-0.25, -0.2) is 5.10 Å². The number of H-pyrrole nitrogens is 1. The summed E-state index contributed by atoms with van der Waals surface area (Å²) in [5.41, 5.74) is 4.88. The summed E-state index contributed by atoms with van der Waals surface area (Å²) in [7, 11) is 0. The van der Waals surface area contributed by atoms with Gasteiger partial charge in [0.05, 0.1) is 6.26 Å². The molecule has 0 saturated heterocycles. The highest BCUT2D eigenvalue weighted by molar-refractivity contribution is 5.83. The molecule has 5 nitrogen and oxygen atoms in total. The Morgan fingerprint density at radius 3 is 2.55 bits per heavy atom. The monoisotopic (exact) mass is 286 g/mol. The summed E-state index contributed by atoms with van der Waals surface area (Å²) in [5.74, 6) is 0. The molecule has 0 saturated carbocycles. The second-order valence-corrected chi connectivity index (χ2v) is 4.90. The molecule has 2 aromatic heterocycles. The third-order valence-electron chi connectivity index (χ3n) is 3.60. The Hall–Kier alpha value is -3.39. The van der Waals surface area contributed by atoms with E-state index in [2.05, 4.69) is 21.5 Å². The largest absolute Gasteiger partial charge is 0.464 e. The lowest BCUT2D eigenvalue weighted by Crippen LogP contribution is -1.83. The van der Waals surface area contributed by atoms with Crippen molar-refractivity contribution in [1.82, 2.24) is 15.4 Å². The van der Waals surface area contributed by atoms with Gasteiger partial charge < -0.3 is 4.42 Å². The van der Waals surface area contributed by atoms with Crippen molar-refractivity contribution >= 4 is 11.0 Å². The summed E-state index contributed by atoms with van der Waals surface area (Å²) in [6.07, 6.45) is 1.69. The number of fused-ring (bicyclic) bond motifs is 1. The average Bonchev–Trinajstić information content (AvgIpc) is 3.23. The van der Waals surface area contributed by atoms with Crippen molar-refractivity contribution in [3.63, 3.8) is 0 Å². The fourth-order valence-corrected chi connectivity index (χ4v) is 2.47. The number of furan rings is 1. The highest BCUT2D eigenvalue weighted by Crippen LogP contribution is 2.27. The average molecular weight is 286 g/mol. The summed E-state index contributed by atoms with van der Waals surface area (Å²) in [5, 5.41) is 20.3. The zero-order valence-corrected chi connectivity index (χ0v) is 11.4. The van der Waals surface area contributed by atoms with Crippen molar-refractivity contribution in [2.24, 2.45) is 0 Å². The zero-order valence-electron chi connectivity index (χ0n) is 11.4. The second-order valence-electron chi connectivity index (χ2n) is 4.90. The van der Waals surface area contributed by atoms with Gasteiger partial charge in [-0.15, -0.1) is 5.10 Å². The maximum absolute atomic E-state index is 9.01. The van der Waals surface area contributed by atoms with Gasteiger partial charge in [-0.05, 0) is 29.3 Å². The van der Waals surface area contributed by atoms with Crippen LogP contribution >= 0.6 is 0 Å². The van der Waals surface area contributed by atoms with Crippen LogP contribution < -0.4 is 0 Å². The van der Waals surface area contributed by atoms with Crippen LogP contribution in [0.3, 0.4) is 0 Å². The number of nitrogens with one attached hydrogen (secondary N) is 1. The van der Waals surface area contributed by atoms with Crippen LogP contribution in [0.5, 0.6) is 0 Å². The van der Waals surface area contributed by atoms with Crippen LogP contribution in [0.25, 0.3) is 33.4 Å². The van der Waals surface area contributed by atoms with Gasteiger partial charge in [0, 0.05) is 10.9 Å². The van der Waals surface area contributed by atoms with E-state index in [1.165, 1.54) is 0 Å². The maximum Gasteiger partial charge on any atom is 0.163 e. The predicted molar refractivity (Wildman–Crippen MR) is 81.7 cm³/mol. The van der Waals surface area contributed by atoms with E-state index >= 15 is 0 Å². The van der Waals surface area contributed by atoms with E-state index in [-0.39, 0.29) is 0 Å². The van der Waals surface area contributed by atoms with E-state index in [0.717, 1.165) is 27.7 Å². The lowest BCUT2D eigenvalue weighted by atomic mass is 10.0. The van der Waals surface area contributed by atoms with Crippen molar-refractivity contribution in [1.29, 1.82) is 5.26 Å². The number of rotatable bonds is 2. The first-order valence-electron chi connectivity index (χ1n) is 6.74. The van der Waals surface area contributed by atoms with Crippen molar-refractivity contribution in [2.75, 3.05) is 0 Å². The van der Waals surface area contributed by atoms with Gasteiger partial charge in [0.15, 0.2) is 5.69 Å². The minimum absolute atomic E-state index is 0.368. The van der Waals surface area contributed by atoms with E-state index < -0.39 is 0 Å². The predicted octanol–water partition coefficient (Wildman–Crippen LogP) is 3.76. The Morgan fingerprint density at radius 2 is 1.73 bits per heavy atom. The molecule has 1 N–H and O–H groups in total. The van der Waals surface area contributed by atoms with Crippen LogP contribution in [0, 0.1) is 11.3 Å². The first kappa shape index (κ1) is 12.4. The molecule has 0 unspecified atom stereocenters. The van der Waals surface area contributed by atoms with Gasteiger partial charge in [0.1, 0.15) is 17.3 Å². The molecule has 0 aliphatic rings. The standard InChI is InChI=1S/C17H10N4O/c18-10-15-17(20-21-19-15)12-3-1-11(2-4-12)13-5-6-16-14(9-13)7-8-22-16/h1-9H,(H,19,20,21). The third kappa shape index (κ3) is 1.95. The highest BCUT2D eigenvalue weighted by atomic mass is 16.3. The molecule has 0 atom stereocenters. The number of aromatic amines is 1. The molecule has 0 spiro atoms. The minimum Gasteiger partial charge on any atom is -0.464 e. The Balaban J connectivity index is 1.74. The van der Waals surface area contributed by atoms with E-state index in [1.54, 1.807) is 6.26 Å². The number of aromatic nitrogens is 3. The van der Waals surface area contributed by atoms with Gasteiger partial charge in [0.25, 0.3) is 0 Å². The SMILES string of the molecule is N#Cc1[nH]nnc1-c1ccc(-c2ccc3occc3c2)cc1. The normalized spacial score (nSPS) is 10.7. The van der Waals surface area contributed by atoms with Crippen LogP contribution in [0.1, 0.15) is 5.69 Å². The minimum atomic E-state index is 0.368. The third-order valence-corrected chi connectivity index (χ3v) is 3.60. The molecule has 0 radical (unpaired) electrons. The molecule has 0 aliphatic heterocycles.